The minimum atomic E-state index is -0.595. The van der Waals surface area contributed by atoms with Crippen molar-refractivity contribution >= 4 is 40.6 Å². The quantitative estimate of drug-likeness (QED) is 0.489. The number of anilines is 5. The van der Waals surface area contributed by atoms with Gasteiger partial charge in [0, 0.05) is 11.4 Å². The van der Waals surface area contributed by atoms with Crippen LogP contribution in [0.3, 0.4) is 0 Å². The first-order valence-electron chi connectivity index (χ1n) is 9.50. The van der Waals surface area contributed by atoms with E-state index in [4.69, 9.17) is 15.2 Å². The molecule has 2 aromatic carbocycles. The Morgan fingerprint density at radius 3 is 1.87 bits per heavy atom. The molecule has 0 fully saturated rings. The largest absolute Gasteiger partial charge is 0.465 e. The molecule has 0 saturated heterocycles. The first-order valence-corrected chi connectivity index (χ1v) is 9.50. The summed E-state index contributed by atoms with van der Waals surface area (Å²) >= 11 is 0. The van der Waals surface area contributed by atoms with Gasteiger partial charge in [-0.05, 0) is 42.3 Å². The van der Waals surface area contributed by atoms with E-state index in [1.165, 1.54) is 44.3 Å². The molecule has 9 heteroatoms. The van der Waals surface area contributed by atoms with Crippen molar-refractivity contribution in [1.29, 1.82) is 0 Å². The van der Waals surface area contributed by atoms with Crippen molar-refractivity contribution in [2.45, 2.75) is 13.3 Å². The zero-order valence-corrected chi connectivity index (χ0v) is 17.4. The number of aromatic nitrogens is 2. The van der Waals surface area contributed by atoms with Gasteiger partial charge in [-0.3, -0.25) is 0 Å². The lowest BCUT2D eigenvalue weighted by Gasteiger charge is -2.14. The summed E-state index contributed by atoms with van der Waals surface area (Å²) in [4.78, 5) is 32.4. The molecule has 0 atom stereocenters. The molecule has 0 spiro atoms. The summed E-state index contributed by atoms with van der Waals surface area (Å²) in [6.45, 7) is 2.09. The molecule has 0 radical (unpaired) electrons. The number of carbonyl (C=O) groups excluding carboxylic acids is 2. The molecule has 0 unspecified atom stereocenters. The third-order valence-electron chi connectivity index (χ3n) is 4.55. The maximum Gasteiger partial charge on any atom is 0.337 e. The topological polar surface area (TPSA) is 128 Å². The third-order valence-corrected chi connectivity index (χ3v) is 4.55. The Morgan fingerprint density at radius 1 is 0.871 bits per heavy atom. The molecular formula is C22H23N5O4. The van der Waals surface area contributed by atoms with Crippen molar-refractivity contribution in [2.24, 2.45) is 0 Å². The summed E-state index contributed by atoms with van der Waals surface area (Å²) in [6.07, 6.45) is 2.30. The number of esters is 2. The summed E-state index contributed by atoms with van der Waals surface area (Å²) in [5.74, 6) is -0.468. The number of nitrogens with one attached hydrogen (secondary N) is 2. The molecule has 3 rings (SSSR count). The minimum Gasteiger partial charge on any atom is -0.465 e. The Bertz CT molecular complexity index is 1070. The summed E-state index contributed by atoms with van der Waals surface area (Å²) in [7, 11) is 2.52. The highest BCUT2D eigenvalue weighted by Crippen LogP contribution is 2.29. The summed E-state index contributed by atoms with van der Waals surface area (Å²) in [6, 6.07) is 12.4. The smallest absolute Gasteiger partial charge is 0.337 e. The van der Waals surface area contributed by atoms with Crippen molar-refractivity contribution in [3.8, 4) is 0 Å². The molecule has 31 heavy (non-hydrogen) atoms. The van der Waals surface area contributed by atoms with E-state index >= 15 is 0 Å². The summed E-state index contributed by atoms with van der Waals surface area (Å²) < 4.78 is 9.51. The second kappa shape index (κ2) is 9.57. The molecule has 0 aliphatic rings. The van der Waals surface area contributed by atoms with Gasteiger partial charge >= 0.3 is 11.9 Å². The summed E-state index contributed by atoms with van der Waals surface area (Å²) in [5.41, 5.74) is 9.33. The Kier molecular flexibility index (Phi) is 6.66. The predicted octanol–water partition coefficient (Wildman–Crippen LogP) is 3.68. The number of ether oxygens (including phenoxy) is 2. The SMILES string of the molecule is CCc1ccc(Nc2ncnc(Nc3cc(C(=O)OC)cc(C(=O)OC)c3)c2N)cc1. The molecule has 9 nitrogen and oxygen atoms in total. The molecule has 0 saturated carbocycles. The van der Waals surface area contributed by atoms with E-state index in [1.807, 2.05) is 24.3 Å². The van der Waals surface area contributed by atoms with Crippen molar-refractivity contribution in [3.05, 3.63) is 65.5 Å². The van der Waals surface area contributed by atoms with Crippen LogP contribution in [0.15, 0.2) is 48.8 Å². The van der Waals surface area contributed by atoms with E-state index in [0.29, 0.717) is 17.3 Å². The van der Waals surface area contributed by atoms with Crippen LogP contribution in [0.5, 0.6) is 0 Å². The van der Waals surface area contributed by atoms with E-state index < -0.39 is 11.9 Å². The highest BCUT2D eigenvalue weighted by molar-refractivity contribution is 5.97. The molecule has 4 N–H and O–H groups in total. The number of nitrogens with zero attached hydrogens (tertiary/aromatic N) is 2. The van der Waals surface area contributed by atoms with Crippen LogP contribution in [0.4, 0.5) is 28.7 Å². The average molecular weight is 421 g/mol. The number of aryl methyl sites for hydroxylation is 1. The Morgan fingerprint density at radius 2 is 1.39 bits per heavy atom. The summed E-state index contributed by atoms with van der Waals surface area (Å²) in [5, 5.41) is 6.19. The van der Waals surface area contributed by atoms with Crippen LogP contribution in [0.25, 0.3) is 0 Å². The fraction of sp³-hybridized carbons (Fsp3) is 0.182. The number of rotatable bonds is 7. The van der Waals surface area contributed by atoms with Crippen LogP contribution >= 0.6 is 0 Å². The highest BCUT2D eigenvalue weighted by atomic mass is 16.5. The van der Waals surface area contributed by atoms with Gasteiger partial charge in [-0.25, -0.2) is 19.6 Å². The maximum atomic E-state index is 12.0. The van der Waals surface area contributed by atoms with Crippen LogP contribution < -0.4 is 16.4 Å². The Hall–Kier alpha value is -4.14. The molecule has 1 heterocycles. The molecular weight excluding hydrogens is 398 g/mol. The van der Waals surface area contributed by atoms with Crippen molar-refractivity contribution in [1.82, 2.24) is 9.97 Å². The van der Waals surface area contributed by atoms with E-state index in [2.05, 4.69) is 27.5 Å². The molecule has 1 aromatic heterocycles. The van der Waals surface area contributed by atoms with Gasteiger partial charge in [0.15, 0.2) is 11.6 Å². The van der Waals surface area contributed by atoms with Gasteiger partial charge in [0.1, 0.15) is 12.0 Å². The van der Waals surface area contributed by atoms with E-state index in [1.54, 1.807) is 0 Å². The Labute approximate surface area is 179 Å². The van der Waals surface area contributed by atoms with E-state index in [9.17, 15) is 9.59 Å². The van der Waals surface area contributed by atoms with Gasteiger partial charge in [0.25, 0.3) is 0 Å². The number of hydrogen-bond donors (Lipinski definition) is 3. The van der Waals surface area contributed by atoms with E-state index in [-0.39, 0.29) is 16.8 Å². The van der Waals surface area contributed by atoms with Gasteiger partial charge < -0.3 is 25.8 Å². The predicted molar refractivity (Wildman–Crippen MR) is 118 cm³/mol. The second-order valence-electron chi connectivity index (χ2n) is 6.57. The van der Waals surface area contributed by atoms with Crippen LogP contribution in [0.1, 0.15) is 33.2 Å². The zero-order valence-electron chi connectivity index (χ0n) is 17.4. The lowest BCUT2D eigenvalue weighted by molar-refractivity contribution is 0.0599. The lowest BCUT2D eigenvalue weighted by Crippen LogP contribution is -2.09. The first-order chi connectivity index (χ1) is 14.9. The monoisotopic (exact) mass is 421 g/mol. The zero-order chi connectivity index (χ0) is 22.4. The molecule has 160 valence electrons. The fourth-order valence-corrected chi connectivity index (χ4v) is 2.86. The van der Waals surface area contributed by atoms with Crippen LogP contribution in [-0.4, -0.2) is 36.1 Å². The van der Waals surface area contributed by atoms with Crippen molar-refractivity contribution in [3.63, 3.8) is 0 Å². The van der Waals surface area contributed by atoms with Gasteiger partial charge in [0.05, 0.1) is 25.3 Å². The highest BCUT2D eigenvalue weighted by Gasteiger charge is 2.15. The van der Waals surface area contributed by atoms with Gasteiger partial charge in [-0.1, -0.05) is 19.1 Å². The van der Waals surface area contributed by atoms with Crippen LogP contribution in [0.2, 0.25) is 0 Å². The normalized spacial score (nSPS) is 10.3. The van der Waals surface area contributed by atoms with Crippen molar-refractivity contribution in [2.75, 3.05) is 30.6 Å². The Balaban J connectivity index is 1.90. The van der Waals surface area contributed by atoms with Gasteiger partial charge in [-0.2, -0.15) is 0 Å². The molecule has 0 amide bonds. The number of methoxy groups -OCH3 is 2. The number of carbonyl (C=O) groups is 2. The number of nitrogens with two attached hydrogens (primary N) is 1. The minimum absolute atomic E-state index is 0.176. The fourth-order valence-electron chi connectivity index (χ4n) is 2.86. The molecule has 0 bridgehead atoms. The van der Waals surface area contributed by atoms with Crippen LogP contribution in [-0.2, 0) is 15.9 Å². The maximum absolute atomic E-state index is 12.0. The van der Waals surface area contributed by atoms with Crippen molar-refractivity contribution < 1.29 is 19.1 Å². The van der Waals surface area contributed by atoms with Gasteiger partial charge in [-0.15, -0.1) is 0 Å². The lowest BCUT2D eigenvalue weighted by atomic mass is 10.1. The standard InChI is InChI=1S/C22H23N5O4/c1-4-13-5-7-16(8-6-13)26-19-18(23)20(25-12-24-19)27-17-10-14(21(28)30-2)9-15(11-17)22(29)31-3/h5-12H,4,23H2,1-3H3,(H2,24,25,26,27). The number of hydrogen-bond acceptors (Lipinski definition) is 9. The molecule has 0 aliphatic heterocycles. The number of benzene rings is 2. The van der Waals surface area contributed by atoms with E-state index in [0.717, 1.165) is 12.1 Å². The molecule has 3 aromatic rings. The van der Waals surface area contributed by atoms with Gasteiger partial charge in [0.2, 0.25) is 0 Å². The molecule has 0 aliphatic carbocycles. The first kappa shape index (κ1) is 21.6. The number of nitrogen functional groups attached to an aromatic ring is 1. The average Bonchev–Trinajstić information content (AvgIpc) is 2.80. The van der Waals surface area contributed by atoms with Crippen LogP contribution in [0, 0.1) is 0 Å². The third kappa shape index (κ3) is 5.08. The second-order valence-corrected chi connectivity index (χ2v) is 6.57.